The van der Waals surface area contributed by atoms with E-state index in [4.69, 9.17) is 0 Å². The number of nitrogens with zero attached hydrogens (tertiary/aromatic N) is 3. The first-order chi connectivity index (χ1) is 14.2. The van der Waals surface area contributed by atoms with Crippen LogP contribution in [0.3, 0.4) is 0 Å². The van der Waals surface area contributed by atoms with E-state index in [0.717, 1.165) is 43.6 Å². The van der Waals surface area contributed by atoms with Gasteiger partial charge in [0.1, 0.15) is 5.82 Å². The zero-order valence-corrected chi connectivity index (χ0v) is 18.0. The van der Waals surface area contributed by atoms with Gasteiger partial charge >= 0.3 is 6.03 Å². The largest absolute Gasteiger partial charge is 0.357 e. The van der Waals surface area contributed by atoms with Gasteiger partial charge in [0, 0.05) is 24.5 Å². The van der Waals surface area contributed by atoms with E-state index in [1.54, 1.807) is 17.5 Å². The Morgan fingerprint density at radius 3 is 2.66 bits per heavy atom. The lowest BCUT2D eigenvalue weighted by Gasteiger charge is -2.36. The average Bonchev–Trinajstić information content (AvgIpc) is 3.44. The summed E-state index contributed by atoms with van der Waals surface area (Å²) in [7, 11) is 0. The van der Waals surface area contributed by atoms with Crippen LogP contribution < -0.4 is 15.5 Å². The highest BCUT2D eigenvalue weighted by atomic mass is 32.1. The summed E-state index contributed by atoms with van der Waals surface area (Å²) in [5.41, 5.74) is 0.727. The summed E-state index contributed by atoms with van der Waals surface area (Å²) >= 11 is 1.77. The van der Waals surface area contributed by atoms with Gasteiger partial charge in [-0.15, -0.1) is 11.3 Å². The molecule has 0 aliphatic carbocycles. The third kappa shape index (κ3) is 5.28. The van der Waals surface area contributed by atoms with E-state index < -0.39 is 0 Å². The molecular formula is C22H31N5OS. The number of hydrogen-bond acceptors (Lipinski definition) is 5. The number of carbonyl (C=O) groups is 1. The van der Waals surface area contributed by atoms with E-state index >= 15 is 0 Å². The fourth-order valence-corrected chi connectivity index (χ4v) is 5.05. The molecule has 4 rings (SSSR count). The zero-order chi connectivity index (χ0) is 20.1. The van der Waals surface area contributed by atoms with Crippen molar-refractivity contribution in [3.8, 4) is 0 Å². The predicted octanol–water partition coefficient (Wildman–Crippen LogP) is 4.34. The van der Waals surface area contributed by atoms with Crippen LogP contribution in [0.4, 0.5) is 16.3 Å². The van der Waals surface area contributed by atoms with Gasteiger partial charge in [-0.3, -0.25) is 4.90 Å². The van der Waals surface area contributed by atoms with Crippen molar-refractivity contribution in [3.63, 3.8) is 0 Å². The zero-order valence-electron chi connectivity index (χ0n) is 17.1. The summed E-state index contributed by atoms with van der Waals surface area (Å²) in [5.74, 6) is 1.79. The number of hydrogen-bond donors (Lipinski definition) is 2. The second-order valence-electron chi connectivity index (χ2n) is 8.18. The van der Waals surface area contributed by atoms with Crippen molar-refractivity contribution in [1.29, 1.82) is 0 Å². The molecular weight excluding hydrogens is 382 g/mol. The predicted molar refractivity (Wildman–Crippen MR) is 120 cm³/mol. The quantitative estimate of drug-likeness (QED) is 0.740. The number of rotatable bonds is 6. The highest BCUT2D eigenvalue weighted by Gasteiger charge is 2.25. The first-order valence-corrected chi connectivity index (χ1v) is 11.6. The number of carbonyl (C=O) groups excluding carboxylic acids is 1. The Labute approximate surface area is 177 Å². The average molecular weight is 414 g/mol. The number of thiophene rings is 1. The molecule has 0 radical (unpaired) electrons. The molecule has 2 fully saturated rings. The van der Waals surface area contributed by atoms with Crippen LogP contribution in [-0.2, 0) is 0 Å². The molecule has 0 bridgehead atoms. The van der Waals surface area contributed by atoms with Gasteiger partial charge in [-0.25, -0.2) is 9.78 Å². The minimum absolute atomic E-state index is 0.173. The molecule has 1 unspecified atom stereocenters. The van der Waals surface area contributed by atoms with E-state index in [0.29, 0.717) is 6.54 Å². The summed E-state index contributed by atoms with van der Waals surface area (Å²) in [6, 6.07) is 8.26. The lowest BCUT2D eigenvalue weighted by molar-refractivity contribution is 0.138. The molecule has 2 saturated heterocycles. The second-order valence-corrected chi connectivity index (χ2v) is 9.16. The number of nitrogens with one attached hydrogen (secondary N) is 2. The molecule has 2 amide bonds. The second kappa shape index (κ2) is 9.59. The van der Waals surface area contributed by atoms with Crippen molar-refractivity contribution in [2.45, 2.75) is 38.6 Å². The maximum atomic E-state index is 12.5. The standard InChI is InChI=1S/C22H31N5OS/c1-17-8-12-26(13-9-17)19(20-5-4-14-29-20)16-24-22(28)25-18-6-7-21(23-15-18)27-10-2-3-11-27/h4-7,14-15,17,19H,2-3,8-13,16H2,1H3,(H2,24,25,28). The summed E-state index contributed by atoms with van der Waals surface area (Å²) < 4.78 is 0. The van der Waals surface area contributed by atoms with Crippen LogP contribution in [0.25, 0.3) is 0 Å². The van der Waals surface area contributed by atoms with E-state index in [1.165, 1.54) is 30.6 Å². The Kier molecular flexibility index (Phi) is 6.67. The fourth-order valence-electron chi connectivity index (χ4n) is 4.19. The Morgan fingerprint density at radius 2 is 2.00 bits per heavy atom. The summed E-state index contributed by atoms with van der Waals surface area (Å²) in [5, 5.41) is 8.11. The van der Waals surface area contributed by atoms with Crippen molar-refractivity contribution in [2.24, 2.45) is 5.92 Å². The van der Waals surface area contributed by atoms with Gasteiger partial charge in [0.2, 0.25) is 0 Å². The SMILES string of the molecule is CC1CCN(C(CNC(=O)Nc2ccc(N3CCCC3)nc2)c2cccs2)CC1. The van der Waals surface area contributed by atoms with Crippen LogP contribution in [0, 0.1) is 5.92 Å². The van der Waals surface area contributed by atoms with Gasteiger partial charge in [-0.1, -0.05) is 13.0 Å². The van der Waals surface area contributed by atoms with Crippen LogP contribution in [0.5, 0.6) is 0 Å². The first-order valence-electron chi connectivity index (χ1n) is 10.7. The summed E-state index contributed by atoms with van der Waals surface area (Å²) in [6.45, 7) is 7.26. The third-order valence-corrected chi connectivity index (χ3v) is 7.00. The van der Waals surface area contributed by atoms with Crippen molar-refractivity contribution in [2.75, 3.05) is 42.9 Å². The van der Waals surface area contributed by atoms with Gasteiger partial charge in [0.25, 0.3) is 0 Å². The van der Waals surface area contributed by atoms with Gasteiger partial charge < -0.3 is 15.5 Å². The van der Waals surface area contributed by atoms with Crippen LogP contribution in [0.2, 0.25) is 0 Å². The van der Waals surface area contributed by atoms with Crippen molar-refractivity contribution < 1.29 is 4.79 Å². The molecule has 2 N–H and O–H groups in total. The molecule has 156 valence electrons. The van der Waals surface area contributed by atoms with Gasteiger partial charge in [0.15, 0.2) is 0 Å². The summed E-state index contributed by atoms with van der Waals surface area (Å²) in [6.07, 6.45) is 6.65. The molecule has 2 aromatic rings. The molecule has 0 spiro atoms. The molecule has 2 aliphatic rings. The monoisotopic (exact) mass is 413 g/mol. The number of amides is 2. The van der Waals surface area contributed by atoms with Gasteiger partial charge in [-0.2, -0.15) is 0 Å². The summed E-state index contributed by atoms with van der Waals surface area (Å²) in [4.78, 5) is 23.1. The number of aromatic nitrogens is 1. The van der Waals surface area contributed by atoms with Gasteiger partial charge in [0.05, 0.1) is 17.9 Å². The van der Waals surface area contributed by atoms with Crippen LogP contribution >= 0.6 is 11.3 Å². The molecule has 29 heavy (non-hydrogen) atoms. The maximum absolute atomic E-state index is 12.5. The van der Waals surface area contributed by atoms with Crippen LogP contribution in [-0.4, -0.2) is 48.6 Å². The molecule has 0 saturated carbocycles. The van der Waals surface area contributed by atoms with Crippen LogP contribution in [0.15, 0.2) is 35.8 Å². The molecule has 2 aromatic heterocycles. The molecule has 2 aliphatic heterocycles. The molecule has 4 heterocycles. The minimum atomic E-state index is -0.173. The van der Waals surface area contributed by atoms with E-state index in [2.05, 4.69) is 49.9 Å². The fraction of sp³-hybridized carbons (Fsp3) is 0.545. The molecule has 7 heteroatoms. The normalized spacial score (nSPS) is 19.3. The molecule has 6 nitrogen and oxygen atoms in total. The smallest absolute Gasteiger partial charge is 0.319 e. The van der Waals surface area contributed by atoms with E-state index in [-0.39, 0.29) is 12.1 Å². The minimum Gasteiger partial charge on any atom is -0.357 e. The number of likely N-dealkylation sites (tertiary alicyclic amines) is 1. The maximum Gasteiger partial charge on any atom is 0.319 e. The van der Waals surface area contributed by atoms with Crippen molar-refractivity contribution >= 4 is 28.9 Å². The van der Waals surface area contributed by atoms with E-state index in [1.807, 2.05) is 12.1 Å². The highest BCUT2D eigenvalue weighted by molar-refractivity contribution is 7.10. The number of pyridine rings is 1. The van der Waals surface area contributed by atoms with Gasteiger partial charge in [-0.05, 0) is 68.3 Å². The molecule has 0 aromatic carbocycles. The van der Waals surface area contributed by atoms with E-state index in [9.17, 15) is 4.79 Å². The number of anilines is 2. The highest BCUT2D eigenvalue weighted by Crippen LogP contribution is 2.29. The molecule has 1 atom stereocenters. The Morgan fingerprint density at radius 1 is 1.21 bits per heavy atom. The lowest BCUT2D eigenvalue weighted by atomic mass is 9.97. The number of urea groups is 1. The first kappa shape index (κ1) is 20.2. The Balaban J connectivity index is 1.32. The number of piperidine rings is 1. The van der Waals surface area contributed by atoms with Crippen LogP contribution in [0.1, 0.15) is 43.5 Å². The third-order valence-electron chi connectivity index (χ3n) is 6.02. The Hall–Kier alpha value is -2.12. The lowest BCUT2D eigenvalue weighted by Crippen LogP contribution is -2.42. The Bertz CT molecular complexity index is 765. The topological polar surface area (TPSA) is 60.5 Å². The van der Waals surface area contributed by atoms with Crippen molar-refractivity contribution in [3.05, 3.63) is 40.7 Å². The van der Waals surface area contributed by atoms with Crippen molar-refractivity contribution in [1.82, 2.24) is 15.2 Å².